The summed E-state index contributed by atoms with van der Waals surface area (Å²) in [5.74, 6) is 0. The van der Waals surface area contributed by atoms with E-state index in [1.165, 1.54) is 15.9 Å². The van der Waals surface area contributed by atoms with E-state index < -0.39 is 14.0 Å². The van der Waals surface area contributed by atoms with E-state index in [4.69, 9.17) is 4.79 Å². The predicted octanol–water partition coefficient (Wildman–Crippen LogP) is 2.47. The van der Waals surface area contributed by atoms with Crippen molar-refractivity contribution in [2.75, 3.05) is 0 Å². The zero-order valence-electron chi connectivity index (χ0n) is 12.7. The van der Waals surface area contributed by atoms with Crippen LogP contribution in [0.5, 0.6) is 0 Å². The quantitative estimate of drug-likeness (QED) is 0.715. The number of hydrogen-bond donors (Lipinski definition) is 2. The molecule has 0 atom stereocenters. The van der Waals surface area contributed by atoms with Gasteiger partial charge in [0.15, 0.2) is 0 Å². The van der Waals surface area contributed by atoms with Crippen LogP contribution in [0.3, 0.4) is 0 Å². The summed E-state index contributed by atoms with van der Waals surface area (Å²) in [5.41, 5.74) is 8.50. The highest BCUT2D eigenvalue weighted by Crippen LogP contribution is 2.32. The van der Waals surface area contributed by atoms with Gasteiger partial charge in [0.25, 0.3) is 0 Å². The zero-order valence-corrected chi connectivity index (χ0v) is 13.6. The van der Waals surface area contributed by atoms with Crippen LogP contribution < -0.4 is 27.4 Å². The minimum Gasteiger partial charge on any atom is -0.352 e. The Morgan fingerprint density at radius 1 is 0.565 bits per heavy atom. The van der Waals surface area contributed by atoms with E-state index >= 15 is 0 Å². The maximum atomic E-state index is 9.00. The van der Waals surface area contributed by atoms with Gasteiger partial charge in [0.1, 0.15) is 0 Å². The van der Waals surface area contributed by atoms with E-state index in [-0.39, 0.29) is 0 Å². The molecule has 3 aromatic rings. The average molecular weight is 322 g/mol. The molecule has 0 aliphatic rings. The van der Waals surface area contributed by atoms with Crippen molar-refractivity contribution in [2.24, 2.45) is 11.5 Å². The molecule has 0 bridgehead atoms. The molecule has 3 nitrogen and oxygen atoms in total. The van der Waals surface area contributed by atoms with Crippen LogP contribution in [0.1, 0.15) is 0 Å². The van der Waals surface area contributed by atoms with E-state index in [1.54, 1.807) is 0 Å². The summed E-state index contributed by atoms with van der Waals surface area (Å²) in [7, 11) is -0.446. The number of nitrogens with two attached hydrogens (primary N) is 2. The first kappa shape index (κ1) is 16.7. The Kier molecular flexibility index (Phi) is 6.34. The maximum Gasteiger partial charge on any atom is 0.309 e. The molecule has 0 radical (unpaired) electrons. The molecular weight excluding hydrogens is 303 g/mol. The average Bonchev–Trinajstić information content (AvgIpc) is 2.58. The van der Waals surface area contributed by atoms with Crippen LogP contribution in [0.15, 0.2) is 91.0 Å². The van der Waals surface area contributed by atoms with Crippen molar-refractivity contribution in [3.63, 3.8) is 0 Å². The fraction of sp³-hybridized carbons (Fsp3) is 0. The number of primary amides is 2. The Hall–Kier alpha value is -2.64. The van der Waals surface area contributed by atoms with Crippen molar-refractivity contribution in [2.45, 2.75) is 0 Å². The summed E-state index contributed by atoms with van der Waals surface area (Å²) in [4.78, 5) is 9.00. The molecule has 3 rings (SSSR count). The minimum absolute atomic E-state index is 0.446. The number of hydrogen-bond acceptors (Lipinski definition) is 1. The lowest BCUT2D eigenvalue weighted by atomic mass is 10.4. The van der Waals surface area contributed by atoms with Gasteiger partial charge in [0.2, 0.25) is 0 Å². The highest BCUT2D eigenvalue weighted by Gasteiger charge is 2.14. The number of amides is 2. The minimum atomic E-state index is -0.833. The van der Waals surface area contributed by atoms with Gasteiger partial charge < -0.3 is 11.5 Å². The molecule has 0 aromatic heterocycles. The molecule has 23 heavy (non-hydrogen) atoms. The molecule has 0 saturated carbocycles. The molecule has 4 heteroatoms. The molecule has 0 aliphatic carbocycles. The summed E-state index contributed by atoms with van der Waals surface area (Å²) in [6.45, 7) is 0. The smallest absolute Gasteiger partial charge is 0.309 e. The SMILES string of the molecule is NC(N)=O.c1ccc(P(c2ccccc2)c2ccccc2)cc1. The summed E-state index contributed by atoms with van der Waals surface area (Å²) < 4.78 is 0. The van der Waals surface area contributed by atoms with Gasteiger partial charge in [-0.05, 0) is 23.8 Å². The number of rotatable bonds is 3. The van der Waals surface area contributed by atoms with E-state index in [0.717, 1.165) is 0 Å². The number of carbonyl (C=O) groups excluding carboxylic acids is 1. The van der Waals surface area contributed by atoms with E-state index in [2.05, 4.69) is 102 Å². The number of urea groups is 1. The van der Waals surface area contributed by atoms with Crippen LogP contribution >= 0.6 is 7.92 Å². The van der Waals surface area contributed by atoms with Crippen LogP contribution in [-0.2, 0) is 0 Å². The van der Waals surface area contributed by atoms with Gasteiger partial charge in [-0.25, -0.2) is 4.79 Å². The Bertz CT molecular complexity index is 620. The fourth-order valence-electron chi connectivity index (χ4n) is 2.18. The standard InChI is InChI=1S/C18H15P.CH4N2O/c1-4-10-16(11-5-1)19(17-12-6-2-7-13-17)18-14-8-3-9-15-18;2-1(3)4/h1-15H;(H4,2,3,4). The van der Waals surface area contributed by atoms with E-state index in [9.17, 15) is 0 Å². The van der Waals surface area contributed by atoms with Crippen molar-refractivity contribution in [1.82, 2.24) is 0 Å². The molecule has 4 N–H and O–H groups in total. The zero-order chi connectivity index (χ0) is 16.5. The molecule has 0 aliphatic heterocycles. The van der Waals surface area contributed by atoms with Crippen LogP contribution in [0, 0.1) is 0 Å². The lowest BCUT2D eigenvalue weighted by molar-refractivity contribution is 0.256. The molecule has 0 spiro atoms. The molecule has 0 unspecified atom stereocenters. The summed E-state index contributed by atoms with van der Waals surface area (Å²) >= 11 is 0. The normalized spacial score (nSPS) is 9.78. The molecule has 0 saturated heterocycles. The fourth-order valence-corrected chi connectivity index (χ4v) is 4.48. The Balaban J connectivity index is 0.000000433. The van der Waals surface area contributed by atoms with Crippen LogP contribution in [0.4, 0.5) is 4.79 Å². The van der Waals surface area contributed by atoms with Crippen molar-refractivity contribution < 1.29 is 4.79 Å². The number of benzene rings is 3. The van der Waals surface area contributed by atoms with Crippen molar-refractivity contribution in [3.05, 3.63) is 91.0 Å². The second-order valence-corrected chi connectivity index (χ2v) is 6.96. The predicted molar refractivity (Wildman–Crippen MR) is 98.9 cm³/mol. The molecule has 3 aromatic carbocycles. The van der Waals surface area contributed by atoms with Crippen LogP contribution in [-0.4, -0.2) is 6.03 Å². The van der Waals surface area contributed by atoms with E-state index in [1.807, 2.05) is 0 Å². The molecular formula is C19H19N2OP. The third kappa shape index (κ3) is 5.24. The van der Waals surface area contributed by atoms with Crippen LogP contribution in [0.25, 0.3) is 0 Å². The largest absolute Gasteiger partial charge is 0.352 e. The van der Waals surface area contributed by atoms with Gasteiger partial charge in [0, 0.05) is 0 Å². The maximum absolute atomic E-state index is 9.00. The third-order valence-corrected chi connectivity index (χ3v) is 5.49. The monoisotopic (exact) mass is 322 g/mol. The molecule has 0 fully saturated rings. The van der Waals surface area contributed by atoms with Gasteiger partial charge >= 0.3 is 6.03 Å². The first-order chi connectivity index (χ1) is 11.2. The highest BCUT2D eigenvalue weighted by atomic mass is 31.1. The number of carbonyl (C=O) groups is 1. The van der Waals surface area contributed by atoms with Crippen LogP contribution in [0.2, 0.25) is 0 Å². The third-order valence-electron chi connectivity index (χ3n) is 3.04. The van der Waals surface area contributed by atoms with Gasteiger partial charge in [-0.3, -0.25) is 0 Å². The second kappa shape index (κ2) is 8.72. The van der Waals surface area contributed by atoms with Gasteiger partial charge in [0.05, 0.1) is 0 Å². The first-order valence-corrected chi connectivity index (χ1v) is 8.53. The molecule has 116 valence electrons. The highest BCUT2D eigenvalue weighted by molar-refractivity contribution is 7.79. The molecule has 0 heterocycles. The van der Waals surface area contributed by atoms with Crippen molar-refractivity contribution >= 4 is 29.9 Å². The molecule has 2 amide bonds. The first-order valence-electron chi connectivity index (χ1n) is 7.18. The van der Waals surface area contributed by atoms with Crippen molar-refractivity contribution in [1.29, 1.82) is 0 Å². The second-order valence-electron chi connectivity index (χ2n) is 4.74. The van der Waals surface area contributed by atoms with Gasteiger partial charge in [-0.2, -0.15) is 0 Å². The summed E-state index contributed by atoms with van der Waals surface area (Å²) in [6.07, 6.45) is 0. The topological polar surface area (TPSA) is 69.1 Å². The van der Waals surface area contributed by atoms with Gasteiger partial charge in [-0.1, -0.05) is 91.0 Å². The van der Waals surface area contributed by atoms with E-state index in [0.29, 0.717) is 0 Å². The summed E-state index contributed by atoms with van der Waals surface area (Å²) in [6, 6.07) is 31.5. The lowest BCUT2D eigenvalue weighted by Crippen LogP contribution is -2.20. The van der Waals surface area contributed by atoms with Gasteiger partial charge in [-0.15, -0.1) is 0 Å². The Morgan fingerprint density at radius 2 is 0.783 bits per heavy atom. The Morgan fingerprint density at radius 3 is 1.00 bits per heavy atom. The lowest BCUT2D eigenvalue weighted by Gasteiger charge is -2.18. The Labute approximate surface area is 137 Å². The summed E-state index contributed by atoms with van der Waals surface area (Å²) in [5, 5.41) is 4.19. The van der Waals surface area contributed by atoms with Crippen molar-refractivity contribution in [3.8, 4) is 0 Å².